The largest absolute Gasteiger partial charge is 0.332 e. The molecular formula is C18H16ClN5O4S2. The second-order valence-corrected chi connectivity index (χ2v) is 6.99. The van der Waals surface area contributed by atoms with Crippen molar-refractivity contribution in [3.8, 4) is 0 Å². The average molecular weight is 466 g/mol. The minimum Gasteiger partial charge on any atom is -0.332 e. The number of benzene rings is 2. The third kappa shape index (κ3) is 6.72. The van der Waals surface area contributed by atoms with Crippen molar-refractivity contribution >= 4 is 75.1 Å². The van der Waals surface area contributed by atoms with E-state index in [1.165, 1.54) is 12.1 Å². The summed E-state index contributed by atoms with van der Waals surface area (Å²) in [5, 5.41) is 21.6. The molecule has 0 heterocycles. The molecule has 4 N–H and O–H groups in total. The number of carbonyl (C=O) groups excluding carboxylic acids is 2. The third-order valence-corrected chi connectivity index (χ3v) is 4.33. The molecule has 0 aliphatic carbocycles. The number of hydrogen-bond acceptors (Lipinski definition) is 6. The standard InChI is InChI=1S/C18H16ClN5O4S2/c1-2-15(25)22-17(29)20-10-3-5-11(6-4-10)21-18(30)23-16(26)13-8-7-12(24(27)28)9-14(13)19/h3-9H,2H2,1H3,(H2,20,22,25,29)(H2,21,23,26,30). The van der Waals surface area contributed by atoms with Crippen LogP contribution in [0, 0.1) is 10.1 Å². The predicted molar refractivity (Wildman–Crippen MR) is 123 cm³/mol. The van der Waals surface area contributed by atoms with E-state index in [0.29, 0.717) is 17.8 Å². The Morgan fingerprint density at radius 3 is 2.00 bits per heavy atom. The van der Waals surface area contributed by atoms with Crippen LogP contribution in [0.1, 0.15) is 23.7 Å². The molecule has 0 bridgehead atoms. The van der Waals surface area contributed by atoms with Gasteiger partial charge < -0.3 is 16.0 Å². The maximum Gasteiger partial charge on any atom is 0.270 e. The number of hydrogen-bond donors (Lipinski definition) is 4. The molecule has 0 fully saturated rings. The van der Waals surface area contributed by atoms with Gasteiger partial charge in [-0.15, -0.1) is 0 Å². The number of rotatable bonds is 5. The van der Waals surface area contributed by atoms with Crippen LogP contribution < -0.4 is 21.3 Å². The van der Waals surface area contributed by atoms with Gasteiger partial charge >= 0.3 is 0 Å². The lowest BCUT2D eigenvalue weighted by molar-refractivity contribution is -0.384. The fourth-order valence-electron chi connectivity index (χ4n) is 2.15. The van der Waals surface area contributed by atoms with Crippen molar-refractivity contribution in [3.05, 3.63) is 63.2 Å². The van der Waals surface area contributed by atoms with Crippen LogP contribution >= 0.6 is 36.0 Å². The molecular weight excluding hydrogens is 450 g/mol. The van der Waals surface area contributed by atoms with Crippen molar-refractivity contribution in [3.63, 3.8) is 0 Å². The highest BCUT2D eigenvalue weighted by molar-refractivity contribution is 7.80. The highest BCUT2D eigenvalue weighted by Gasteiger charge is 2.16. The highest BCUT2D eigenvalue weighted by Crippen LogP contribution is 2.22. The molecule has 0 atom stereocenters. The van der Waals surface area contributed by atoms with Gasteiger partial charge in [0.2, 0.25) is 5.91 Å². The summed E-state index contributed by atoms with van der Waals surface area (Å²) in [7, 11) is 0. The zero-order valence-electron chi connectivity index (χ0n) is 15.5. The van der Waals surface area contributed by atoms with Gasteiger partial charge in [-0.05, 0) is 54.8 Å². The molecule has 0 unspecified atom stereocenters. The summed E-state index contributed by atoms with van der Waals surface area (Å²) >= 11 is 16.1. The van der Waals surface area contributed by atoms with Crippen molar-refractivity contribution in [1.29, 1.82) is 0 Å². The van der Waals surface area contributed by atoms with E-state index in [1.54, 1.807) is 31.2 Å². The molecule has 2 aromatic rings. The van der Waals surface area contributed by atoms with Gasteiger partial charge in [0.25, 0.3) is 11.6 Å². The number of nitro groups is 1. The van der Waals surface area contributed by atoms with Gasteiger partial charge in [0.05, 0.1) is 15.5 Å². The number of nitrogens with zero attached hydrogens (tertiary/aromatic N) is 1. The molecule has 2 aromatic carbocycles. The lowest BCUT2D eigenvalue weighted by Gasteiger charge is -2.12. The van der Waals surface area contributed by atoms with Crippen LogP contribution in [0.5, 0.6) is 0 Å². The molecule has 0 radical (unpaired) electrons. The zero-order valence-corrected chi connectivity index (χ0v) is 17.9. The number of nitrogens with one attached hydrogen (secondary N) is 4. The van der Waals surface area contributed by atoms with Crippen molar-refractivity contribution < 1.29 is 14.5 Å². The van der Waals surface area contributed by atoms with Gasteiger partial charge in [-0.1, -0.05) is 18.5 Å². The first kappa shape index (κ1) is 23.1. The molecule has 12 heteroatoms. The summed E-state index contributed by atoms with van der Waals surface area (Å²) in [5.74, 6) is -0.803. The van der Waals surface area contributed by atoms with Gasteiger partial charge in [0, 0.05) is 29.9 Å². The molecule has 0 aliphatic heterocycles. The van der Waals surface area contributed by atoms with E-state index in [9.17, 15) is 19.7 Å². The van der Waals surface area contributed by atoms with Crippen LogP contribution in [0.25, 0.3) is 0 Å². The number of anilines is 2. The minimum absolute atomic E-state index is 0.0147. The number of non-ortho nitro benzene ring substituents is 1. The smallest absolute Gasteiger partial charge is 0.270 e. The Kier molecular flexibility index (Phi) is 8.16. The maximum atomic E-state index is 12.3. The molecule has 30 heavy (non-hydrogen) atoms. The second-order valence-electron chi connectivity index (χ2n) is 5.76. The van der Waals surface area contributed by atoms with E-state index in [1.807, 2.05) is 0 Å². The topological polar surface area (TPSA) is 125 Å². The van der Waals surface area contributed by atoms with Gasteiger partial charge in [-0.3, -0.25) is 25.0 Å². The van der Waals surface area contributed by atoms with E-state index in [0.717, 1.165) is 6.07 Å². The van der Waals surface area contributed by atoms with Gasteiger partial charge in [-0.2, -0.15) is 0 Å². The first-order chi connectivity index (χ1) is 14.2. The Morgan fingerprint density at radius 2 is 1.53 bits per heavy atom. The first-order valence-corrected chi connectivity index (χ1v) is 9.66. The molecule has 0 aromatic heterocycles. The molecule has 0 saturated carbocycles. The van der Waals surface area contributed by atoms with Crippen molar-refractivity contribution in [1.82, 2.24) is 10.6 Å². The second kappa shape index (κ2) is 10.6. The number of thiocarbonyl (C=S) groups is 2. The SMILES string of the molecule is CCC(=O)NC(=S)Nc1ccc(NC(=S)NC(=O)c2ccc([N+](=O)[O-])cc2Cl)cc1. The number of nitro benzene ring substituents is 1. The normalized spacial score (nSPS) is 9.93. The number of carbonyl (C=O) groups is 2. The zero-order chi connectivity index (χ0) is 22.3. The van der Waals surface area contributed by atoms with E-state index in [-0.39, 0.29) is 32.4 Å². The summed E-state index contributed by atoms with van der Waals surface area (Å²) in [6.45, 7) is 1.72. The minimum atomic E-state index is -0.609. The highest BCUT2D eigenvalue weighted by atomic mass is 35.5. The summed E-state index contributed by atoms with van der Waals surface area (Å²) in [4.78, 5) is 33.7. The first-order valence-electron chi connectivity index (χ1n) is 8.46. The Bertz CT molecular complexity index is 1010. The number of halogens is 1. The van der Waals surface area contributed by atoms with Crippen LogP contribution in [-0.4, -0.2) is 27.0 Å². The Hall–Kier alpha value is -3.15. The van der Waals surface area contributed by atoms with Crippen LogP contribution in [-0.2, 0) is 4.79 Å². The maximum absolute atomic E-state index is 12.3. The van der Waals surface area contributed by atoms with Crippen LogP contribution in [0.2, 0.25) is 5.02 Å². The third-order valence-electron chi connectivity index (χ3n) is 3.61. The summed E-state index contributed by atoms with van der Waals surface area (Å²) < 4.78 is 0. The fourth-order valence-corrected chi connectivity index (χ4v) is 2.85. The predicted octanol–water partition coefficient (Wildman–Crippen LogP) is 3.60. The molecule has 9 nitrogen and oxygen atoms in total. The molecule has 2 rings (SSSR count). The molecule has 156 valence electrons. The van der Waals surface area contributed by atoms with Crippen molar-refractivity contribution in [2.24, 2.45) is 0 Å². The summed E-state index contributed by atoms with van der Waals surface area (Å²) in [6.07, 6.45) is 0.318. The van der Waals surface area contributed by atoms with Crippen molar-refractivity contribution in [2.45, 2.75) is 13.3 Å². The van der Waals surface area contributed by atoms with Crippen LogP contribution in [0.15, 0.2) is 42.5 Å². The monoisotopic (exact) mass is 465 g/mol. The van der Waals surface area contributed by atoms with Crippen LogP contribution in [0.4, 0.5) is 17.1 Å². The molecule has 0 spiro atoms. The van der Waals surface area contributed by atoms with Gasteiger partial charge in [0.15, 0.2) is 10.2 Å². The molecule has 0 saturated heterocycles. The van der Waals surface area contributed by atoms with Gasteiger partial charge in [-0.25, -0.2) is 0 Å². The molecule has 0 aliphatic rings. The quantitative estimate of drug-likeness (QED) is 0.300. The Morgan fingerprint density at radius 1 is 1.00 bits per heavy atom. The number of amides is 2. The Balaban J connectivity index is 1.93. The lowest BCUT2D eigenvalue weighted by Crippen LogP contribution is -2.34. The van der Waals surface area contributed by atoms with Crippen molar-refractivity contribution in [2.75, 3.05) is 10.6 Å². The van der Waals surface area contributed by atoms with E-state index >= 15 is 0 Å². The van der Waals surface area contributed by atoms with E-state index in [2.05, 4.69) is 21.3 Å². The van der Waals surface area contributed by atoms with E-state index in [4.69, 9.17) is 36.0 Å². The lowest BCUT2D eigenvalue weighted by atomic mass is 10.2. The average Bonchev–Trinajstić information content (AvgIpc) is 2.68. The Labute approximate surface area is 187 Å². The summed E-state index contributed by atoms with van der Waals surface area (Å²) in [6, 6.07) is 10.3. The van der Waals surface area contributed by atoms with E-state index < -0.39 is 10.8 Å². The summed E-state index contributed by atoms with van der Waals surface area (Å²) in [5.41, 5.74) is 1.06. The van der Waals surface area contributed by atoms with Gasteiger partial charge in [0.1, 0.15) is 0 Å². The fraction of sp³-hybridized carbons (Fsp3) is 0.111. The molecule has 2 amide bonds. The van der Waals surface area contributed by atoms with Crippen LogP contribution in [0.3, 0.4) is 0 Å².